The number of hydrazone groups is 1. The minimum absolute atomic E-state index is 0.120. The van der Waals surface area contributed by atoms with E-state index in [0.29, 0.717) is 28.7 Å². The first-order chi connectivity index (χ1) is 13.2. The van der Waals surface area contributed by atoms with Crippen molar-refractivity contribution < 1.29 is 9.90 Å². The third-order valence-electron chi connectivity index (χ3n) is 4.66. The number of amides is 1. The van der Waals surface area contributed by atoms with Gasteiger partial charge in [-0.3, -0.25) is 9.80 Å². The van der Waals surface area contributed by atoms with Gasteiger partial charge in [-0.25, -0.2) is 0 Å². The van der Waals surface area contributed by atoms with Gasteiger partial charge >= 0.3 is 0 Å². The topological polar surface area (TPSA) is 64.9 Å². The first-order valence-corrected chi connectivity index (χ1v) is 9.84. The van der Waals surface area contributed by atoms with E-state index < -0.39 is 6.10 Å². The molecule has 7 heteroatoms. The smallest absolute Gasteiger partial charge is 0.245 e. The maximum Gasteiger partial charge on any atom is 0.245 e. The van der Waals surface area contributed by atoms with Crippen LogP contribution in [-0.4, -0.2) is 40.9 Å². The number of hydrogen-bond acceptors (Lipinski definition) is 4. The molecule has 0 aliphatic carbocycles. The molecule has 1 aliphatic heterocycles. The molecule has 0 fully saturated rings. The molecule has 2 aromatic rings. The number of aliphatic hydroxyl groups is 1. The quantitative estimate of drug-likeness (QED) is 0.727. The number of halogens is 2. The Hall–Kier alpha value is -2.08. The van der Waals surface area contributed by atoms with Gasteiger partial charge in [0.2, 0.25) is 5.91 Å². The third kappa shape index (κ3) is 5.04. The second-order valence-electron chi connectivity index (χ2n) is 7.45. The molecule has 0 spiro atoms. The average molecular weight is 420 g/mol. The van der Waals surface area contributed by atoms with Crippen molar-refractivity contribution in [2.75, 3.05) is 18.4 Å². The average Bonchev–Trinajstić information content (AvgIpc) is 2.92. The monoisotopic (exact) mass is 419 g/mol. The number of rotatable bonds is 6. The first-order valence-electron chi connectivity index (χ1n) is 9.09. The number of nitrogens with zero attached hydrogens (tertiary/aromatic N) is 2. The summed E-state index contributed by atoms with van der Waals surface area (Å²) in [5.74, 6) is -0.164. The summed E-state index contributed by atoms with van der Waals surface area (Å²) in [6.45, 7) is 4.49. The fourth-order valence-corrected chi connectivity index (χ4v) is 3.85. The lowest BCUT2D eigenvalue weighted by Gasteiger charge is -2.28. The van der Waals surface area contributed by atoms with Crippen LogP contribution in [-0.2, 0) is 4.79 Å². The van der Waals surface area contributed by atoms with Crippen molar-refractivity contribution in [2.24, 2.45) is 10.5 Å². The molecule has 28 heavy (non-hydrogen) atoms. The summed E-state index contributed by atoms with van der Waals surface area (Å²) in [6.07, 6.45) is 0.0642. The predicted octanol–water partition coefficient (Wildman–Crippen LogP) is 4.43. The van der Waals surface area contributed by atoms with Crippen molar-refractivity contribution in [3.05, 3.63) is 64.1 Å². The van der Waals surface area contributed by atoms with E-state index in [0.717, 1.165) is 11.3 Å². The third-order valence-corrected chi connectivity index (χ3v) is 5.17. The lowest BCUT2D eigenvalue weighted by Crippen LogP contribution is -2.36. The predicted molar refractivity (Wildman–Crippen MR) is 114 cm³/mol. The van der Waals surface area contributed by atoms with E-state index in [1.54, 1.807) is 36.2 Å². The van der Waals surface area contributed by atoms with Crippen LogP contribution in [0.5, 0.6) is 0 Å². The van der Waals surface area contributed by atoms with E-state index in [1.165, 1.54) is 0 Å². The van der Waals surface area contributed by atoms with Crippen LogP contribution in [0, 0.1) is 5.41 Å². The van der Waals surface area contributed by atoms with Gasteiger partial charge in [0, 0.05) is 27.7 Å². The number of nitrogens with one attached hydrogen (secondary N) is 1. The van der Waals surface area contributed by atoms with Crippen molar-refractivity contribution in [3.8, 4) is 0 Å². The van der Waals surface area contributed by atoms with E-state index in [2.05, 4.69) is 12.2 Å². The Morgan fingerprint density at radius 1 is 1.18 bits per heavy atom. The second-order valence-corrected chi connectivity index (χ2v) is 8.32. The Labute approximate surface area is 175 Å². The molecule has 2 unspecified atom stereocenters. The summed E-state index contributed by atoms with van der Waals surface area (Å²) in [5, 5.41) is 20.6. The summed E-state index contributed by atoms with van der Waals surface area (Å²) >= 11 is 11.9. The van der Waals surface area contributed by atoms with Gasteiger partial charge in [0.1, 0.15) is 6.54 Å². The highest BCUT2D eigenvalue weighted by Gasteiger charge is 2.40. The van der Waals surface area contributed by atoms with Gasteiger partial charge in [-0.15, -0.1) is 0 Å². The molecule has 2 aromatic carbocycles. The molecule has 0 aromatic heterocycles. The Balaban J connectivity index is 1.76. The Kier molecular flexibility index (Phi) is 6.28. The molecule has 5 nitrogen and oxygen atoms in total. The molecule has 2 N–H and O–H groups in total. The van der Waals surface area contributed by atoms with Crippen LogP contribution in [0.4, 0.5) is 5.69 Å². The zero-order chi connectivity index (χ0) is 20.3. The van der Waals surface area contributed by atoms with E-state index in [-0.39, 0.29) is 17.9 Å². The molecule has 1 heterocycles. The summed E-state index contributed by atoms with van der Waals surface area (Å²) in [5.41, 5.74) is 2.10. The van der Waals surface area contributed by atoms with Crippen molar-refractivity contribution in [3.63, 3.8) is 0 Å². The number of anilines is 1. The van der Waals surface area contributed by atoms with Gasteiger partial charge in [-0.1, -0.05) is 42.3 Å². The van der Waals surface area contributed by atoms with Crippen LogP contribution in [0.1, 0.15) is 25.8 Å². The standard InChI is InChI=1S/C21H23Cl2N3O2/c1-14(27)11-21(2)13-26(25-20(21)15-3-5-16(22)6-4-15)12-19(28)24-18-9-7-17(23)8-10-18/h3-10,14,27H,11-13H2,1-2H3,(H,24,28). The highest BCUT2D eigenvalue weighted by Crippen LogP contribution is 2.35. The lowest BCUT2D eigenvalue weighted by atomic mass is 9.78. The van der Waals surface area contributed by atoms with Crippen LogP contribution in [0.15, 0.2) is 53.6 Å². The fraction of sp³-hybridized carbons (Fsp3) is 0.333. The van der Waals surface area contributed by atoms with Crippen molar-refractivity contribution >= 4 is 40.5 Å². The summed E-state index contributed by atoms with van der Waals surface area (Å²) in [4.78, 5) is 12.5. The molecule has 148 valence electrons. The largest absolute Gasteiger partial charge is 0.393 e. The molecule has 0 saturated heterocycles. The minimum Gasteiger partial charge on any atom is -0.393 e. The summed E-state index contributed by atoms with van der Waals surface area (Å²) in [7, 11) is 0. The Bertz CT molecular complexity index is 866. The normalized spacial score (nSPS) is 20.0. The van der Waals surface area contributed by atoms with E-state index in [9.17, 15) is 9.90 Å². The minimum atomic E-state index is -0.481. The van der Waals surface area contributed by atoms with Gasteiger partial charge in [0.15, 0.2) is 0 Å². The summed E-state index contributed by atoms with van der Waals surface area (Å²) in [6, 6.07) is 14.4. The fourth-order valence-electron chi connectivity index (χ4n) is 3.59. The lowest BCUT2D eigenvalue weighted by molar-refractivity contribution is -0.117. The molecule has 1 aliphatic rings. The number of aliphatic hydroxyl groups excluding tert-OH is 1. The molecule has 2 atom stereocenters. The van der Waals surface area contributed by atoms with Crippen molar-refractivity contribution in [1.82, 2.24) is 5.01 Å². The molecular weight excluding hydrogens is 397 g/mol. The van der Waals surface area contributed by atoms with E-state index in [4.69, 9.17) is 28.3 Å². The Morgan fingerprint density at radius 2 is 1.75 bits per heavy atom. The van der Waals surface area contributed by atoms with Gasteiger partial charge < -0.3 is 10.4 Å². The molecule has 0 bridgehead atoms. The van der Waals surface area contributed by atoms with Crippen molar-refractivity contribution in [1.29, 1.82) is 0 Å². The van der Waals surface area contributed by atoms with Gasteiger partial charge in [-0.2, -0.15) is 5.10 Å². The number of carbonyl (C=O) groups is 1. The molecule has 1 amide bonds. The molecule has 3 rings (SSSR count). The molecular formula is C21H23Cl2N3O2. The SMILES string of the molecule is CC(O)CC1(C)CN(CC(=O)Nc2ccc(Cl)cc2)N=C1c1ccc(Cl)cc1. The van der Waals surface area contributed by atoms with Crippen LogP contribution in [0.25, 0.3) is 0 Å². The van der Waals surface area contributed by atoms with E-state index >= 15 is 0 Å². The van der Waals surface area contributed by atoms with Crippen molar-refractivity contribution in [2.45, 2.75) is 26.4 Å². The number of hydrogen-bond donors (Lipinski definition) is 2. The molecule has 0 saturated carbocycles. The van der Waals surface area contributed by atoms with Crippen LogP contribution >= 0.6 is 23.2 Å². The number of benzene rings is 2. The zero-order valence-corrected chi connectivity index (χ0v) is 17.3. The van der Waals surface area contributed by atoms with Gasteiger partial charge in [0.05, 0.1) is 11.8 Å². The highest BCUT2D eigenvalue weighted by molar-refractivity contribution is 6.31. The number of carbonyl (C=O) groups excluding carboxylic acids is 1. The van der Waals surface area contributed by atoms with Gasteiger partial charge in [0.25, 0.3) is 0 Å². The van der Waals surface area contributed by atoms with Crippen LogP contribution < -0.4 is 5.32 Å². The molecule has 0 radical (unpaired) electrons. The van der Waals surface area contributed by atoms with E-state index in [1.807, 2.05) is 24.3 Å². The Morgan fingerprint density at radius 3 is 2.32 bits per heavy atom. The van der Waals surface area contributed by atoms with Crippen LogP contribution in [0.3, 0.4) is 0 Å². The maximum atomic E-state index is 12.5. The van der Waals surface area contributed by atoms with Gasteiger partial charge in [-0.05, 0) is 55.3 Å². The maximum absolute atomic E-state index is 12.5. The summed E-state index contributed by atoms with van der Waals surface area (Å²) < 4.78 is 0. The second kappa shape index (κ2) is 8.52. The van der Waals surface area contributed by atoms with Crippen LogP contribution in [0.2, 0.25) is 10.0 Å². The first kappa shape index (κ1) is 20.6. The highest BCUT2D eigenvalue weighted by atomic mass is 35.5. The zero-order valence-electron chi connectivity index (χ0n) is 15.8.